The third-order valence-electron chi connectivity index (χ3n) is 9.09. The second kappa shape index (κ2) is 11.1. The molecule has 3 aliphatic carbocycles. The maximum atomic E-state index is 14.2. The summed E-state index contributed by atoms with van der Waals surface area (Å²) < 4.78 is 8.71. The van der Waals surface area contributed by atoms with E-state index in [0.29, 0.717) is 5.56 Å². The number of hydrogen-bond donors (Lipinski definition) is 0. The summed E-state index contributed by atoms with van der Waals surface area (Å²) in [5.74, 6) is -4.30. The van der Waals surface area contributed by atoms with Crippen LogP contribution in [-0.2, 0) is 27.8 Å². The van der Waals surface area contributed by atoms with Crippen LogP contribution in [0.2, 0.25) is 0 Å². The number of amides is 2. The minimum Gasteiger partial charge on any atom is -0.456 e. The first-order valence-electron chi connectivity index (χ1n) is 14.6. The number of imide groups is 1. The number of alkyl halides is 2. The molecule has 4 aliphatic rings. The highest BCUT2D eigenvalue weighted by atomic mass is 79.9. The highest BCUT2D eigenvalue weighted by Crippen LogP contribution is 2.70. The maximum Gasteiger partial charge on any atom is 0.343 e. The van der Waals surface area contributed by atoms with E-state index in [4.69, 9.17) is 9.47 Å². The van der Waals surface area contributed by atoms with Crippen molar-refractivity contribution in [3.63, 3.8) is 0 Å². The minimum atomic E-state index is -1.27. The third kappa shape index (κ3) is 4.34. The van der Waals surface area contributed by atoms with Crippen LogP contribution in [0.1, 0.15) is 49.9 Å². The SMILES string of the molecule is CC(C(=O)OCC(=O)c1ccc(OC(=O)c2ccccc2)cc1)N1C(=O)C2C(C1=O)C1(Br)c3ccccc3C2(Br)c2ccccc21. The van der Waals surface area contributed by atoms with E-state index in [-0.39, 0.29) is 11.3 Å². The molecule has 0 N–H and O–H groups in total. The molecule has 8 nitrogen and oxygen atoms in total. The van der Waals surface area contributed by atoms with E-state index in [2.05, 4.69) is 31.9 Å². The predicted molar refractivity (Wildman–Crippen MR) is 174 cm³/mol. The van der Waals surface area contributed by atoms with Crippen molar-refractivity contribution in [2.45, 2.75) is 21.6 Å². The fourth-order valence-electron chi connectivity index (χ4n) is 6.97. The lowest BCUT2D eigenvalue weighted by Gasteiger charge is -2.55. The summed E-state index contributed by atoms with van der Waals surface area (Å²) in [4.78, 5) is 67.7. The molecule has 2 bridgehead atoms. The predicted octanol–water partition coefficient (Wildman–Crippen LogP) is 5.93. The molecule has 3 atom stereocenters. The summed E-state index contributed by atoms with van der Waals surface area (Å²) in [6.07, 6.45) is 0. The molecular weight excluding hydrogens is 718 g/mol. The van der Waals surface area contributed by atoms with Crippen molar-refractivity contribution in [3.8, 4) is 5.75 Å². The van der Waals surface area contributed by atoms with Crippen LogP contribution in [0.4, 0.5) is 0 Å². The standard InChI is InChI=1S/C36H25Br2NO7/c1-20(33(43)45-19-28(40)21-15-17-23(18-16-21)46-34(44)22-9-3-2-4-10-22)39-31(41)29-30(32(39)42)36(38)25-12-6-5-11-24(25)35(29,37)26-13-7-8-14-27(26)36/h2-18,20,29-30H,19H2,1H3. The van der Waals surface area contributed by atoms with E-state index < -0.39 is 62.7 Å². The van der Waals surface area contributed by atoms with Gasteiger partial charge in [0.05, 0.1) is 26.0 Å². The van der Waals surface area contributed by atoms with Crippen LogP contribution >= 0.6 is 31.9 Å². The summed E-state index contributed by atoms with van der Waals surface area (Å²) in [6, 6.07) is 28.5. The van der Waals surface area contributed by atoms with E-state index >= 15 is 0 Å². The van der Waals surface area contributed by atoms with Gasteiger partial charge in [-0.1, -0.05) is 98.6 Å². The molecule has 1 saturated heterocycles. The van der Waals surface area contributed by atoms with Crippen LogP contribution in [0, 0.1) is 11.8 Å². The largest absolute Gasteiger partial charge is 0.456 e. The average molecular weight is 743 g/mol. The van der Waals surface area contributed by atoms with Gasteiger partial charge in [-0.2, -0.15) is 0 Å². The van der Waals surface area contributed by atoms with E-state index in [9.17, 15) is 24.0 Å². The Morgan fingerprint density at radius 3 is 1.63 bits per heavy atom. The molecule has 1 fully saturated rings. The molecule has 1 heterocycles. The molecule has 0 radical (unpaired) electrons. The zero-order valence-corrected chi connectivity index (χ0v) is 27.5. The van der Waals surface area contributed by atoms with Crippen molar-refractivity contribution < 1.29 is 33.4 Å². The lowest BCUT2D eigenvalue weighted by atomic mass is 9.54. The van der Waals surface area contributed by atoms with Gasteiger partial charge in [0.1, 0.15) is 11.8 Å². The highest BCUT2D eigenvalue weighted by Gasteiger charge is 2.73. The molecule has 10 heteroatoms. The van der Waals surface area contributed by atoms with Crippen molar-refractivity contribution in [1.82, 2.24) is 4.90 Å². The normalized spacial score (nSPS) is 24.5. The first-order chi connectivity index (χ1) is 22.1. The molecule has 4 aromatic carbocycles. The third-order valence-corrected chi connectivity index (χ3v) is 11.8. The van der Waals surface area contributed by atoms with E-state index in [0.717, 1.165) is 27.2 Å². The number of benzene rings is 4. The van der Waals surface area contributed by atoms with Crippen molar-refractivity contribution in [2.75, 3.05) is 6.61 Å². The Morgan fingerprint density at radius 2 is 1.15 bits per heavy atom. The van der Waals surface area contributed by atoms with Gasteiger partial charge in [-0.3, -0.25) is 19.3 Å². The summed E-state index contributed by atoms with van der Waals surface area (Å²) >= 11 is 7.88. The zero-order valence-electron chi connectivity index (χ0n) is 24.3. The molecule has 2 amide bonds. The number of Topliss-reactive ketones (excluding diaryl/α,β-unsaturated/α-hetero) is 1. The molecule has 1 aliphatic heterocycles. The zero-order chi connectivity index (χ0) is 32.4. The molecule has 46 heavy (non-hydrogen) atoms. The number of halogens is 2. The van der Waals surface area contributed by atoms with Gasteiger partial charge < -0.3 is 9.47 Å². The van der Waals surface area contributed by atoms with E-state index in [1.807, 2.05) is 48.5 Å². The minimum absolute atomic E-state index is 0.230. The second-order valence-electron chi connectivity index (χ2n) is 11.5. The van der Waals surface area contributed by atoms with Crippen LogP contribution in [0.3, 0.4) is 0 Å². The van der Waals surface area contributed by atoms with Crippen LogP contribution in [0.25, 0.3) is 0 Å². The Labute approximate surface area is 280 Å². The molecule has 3 unspecified atom stereocenters. The Hall–Kier alpha value is -4.41. The molecule has 0 aromatic heterocycles. The van der Waals surface area contributed by atoms with Gasteiger partial charge in [-0.15, -0.1) is 0 Å². The number of carbonyl (C=O) groups excluding carboxylic acids is 5. The van der Waals surface area contributed by atoms with Crippen LogP contribution in [0.15, 0.2) is 103 Å². The van der Waals surface area contributed by atoms with Crippen molar-refractivity contribution >= 4 is 61.4 Å². The average Bonchev–Trinajstić information content (AvgIpc) is 3.36. The fraction of sp³-hybridized carbons (Fsp3) is 0.194. The van der Waals surface area contributed by atoms with Gasteiger partial charge in [0, 0.05) is 5.56 Å². The van der Waals surface area contributed by atoms with Gasteiger partial charge in [-0.05, 0) is 65.6 Å². The Bertz CT molecular complexity index is 1820. The number of nitrogens with zero attached hydrogens (tertiary/aromatic N) is 1. The first-order valence-corrected chi connectivity index (χ1v) is 16.2. The number of esters is 2. The van der Waals surface area contributed by atoms with Crippen molar-refractivity contribution in [2.24, 2.45) is 11.8 Å². The number of rotatable bonds is 7. The molecular formula is C36H25Br2NO7. The summed E-state index contributed by atoms with van der Waals surface area (Å²) in [7, 11) is 0. The Kier molecular flexibility index (Phi) is 7.32. The van der Waals surface area contributed by atoms with Crippen molar-refractivity contribution in [3.05, 3.63) is 137 Å². The van der Waals surface area contributed by atoms with Crippen LogP contribution < -0.4 is 4.74 Å². The number of hydrogen-bond acceptors (Lipinski definition) is 7. The molecule has 8 rings (SSSR count). The number of likely N-dealkylation sites (tertiary alicyclic amines) is 1. The lowest BCUT2D eigenvalue weighted by molar-refractivity contribution is -0.157. The monoisotopic (exact) mass is 741 g/mol. The topological polar surface area (TPSA) is 107 Å². The summed E-state index contributed by atoms with van der Waals surface area (Å²) in [5, 5.41) is 0. The van der Waals surface area contributed by atoms with Crippen molar-refractivity contribution in [1.29, 1.82) is 0 Å². The number of ketones is 1. The van der Waals surface area contributed by atoms with Gasteiger partial charge in [0.15, 0.2) is 12.4 Å². The summed E-state index contributed by atoms with van der Waals surface area (Å²) in [5.41, 5.74) is 4.16. The summed E-state index contributed by atoms with van der Waals surface area (Å²) in [6.45, 7) is 0.830. The maximum absolute atomic E-state index is 14.2. The molecule has 0 saturated carbocycles. The van der Waals surface area contributed by atoms with Gasteiger partial charge in [0.2, 0.25) is 11.8 Å². The van der Waals surface area contributed by atoms with Gasteiger partial charge in [0.25, 0.3) is 0 Å². The molecule has 4 aromatic rings. The Balaban J connectivity index is 1.07. The fourth-order valence-corrected chi connectivity index (χ4v) is 9.27. The smallest absolute Gasteiger partial charge is 0.343 e. The first kappa shape index (κ1) is 30.3. The molecule has 0 spiro atoms. The molecule has 230 valence electrons. The van der Waals surface area contributed by atoms with E-state index in [1.54, 1.807) is 30.3 Å². The number of ether oxygens (including phenoxy) is 2. The lowest BCUT2D eigenvalue weighted by Crippen LogP contribution is -2.56. The Morgan fingerprint density at radius 1 is 0.696 bits per heavy atom. The van der Waals surface area contributed by atoms with E-state index in [1.165, 1.54) is 31.2 Å². The van der Waals surface area contributed by atoms with Gasteiger partial charge >= 0.3 is 11.9 Å². The quantitative estimate of drug-likeness (QED) is 0.0761. The number of carbonyl (C=O) groups is 5. The van der Waals surface area contributed by atoms with Crippen LogP contribution in [0.5, 0.6) is 5.75 Å². The van der Waals surface area contributed by atoms with Crippen LogP contribution in [-0.4, -0.2) is 47.1 Å². The van der Waals surface area contributed by atoms with Gasteiger partial charge in [-0.25, -0.2) is 9.59 Å². The second-order valence-corrected chi connectivity index (χ2v) is 14.0. The highest BCUT2D eigenvalue weighted by molar-refractivity contribution is 9.10.